The molecule has 5 nitrogen and oxygen atoms in total. The van der Waals surface area contributed by atoms with Crippen molar-refractivity contribution in [3.8, 4) is 0 Å². The van der Waals surface area contributed by atoms with Crippen LogP contribution >= 0.6 is 0 Å². The number of esters is 2. The van der Waals surface area contributed by atoms with E-state index in [9.17, 15) is 9.59 Å². The fraction of sp³-hybridized carbons (Fsp3) is 0.500. The van der Waals surface area contributed by atoms with Gasteiger partial charge < -0.3 is 13.9 Å². The molecular formula is C20H26O5Si. The zero-order valence-corrected chi connectivity index (χ0v) is 16.9. The quantitative estimate of drug-likeness (QED) is 0.455. The summed E-state index contributed by atoms with van der Waals surface area (Å²) in [5.74, 6) is -0.817. The van der Waals surface area contributed by atoms with E-state index in [4.69, 9.17) is 13.9 Å². The Balaban J connectivity index is 1.77. The molecule has 0 N–H and O–H groups in total. The lowest BCUT2D eigenvalue weighted by Crippen LogP contribution is -2.52. The third-order valence-electron chi connectivity index (χ3n) is 5.53. The summed E-state index contributed by atoms with van der Waals surface area (Å²) >= 11 is 0. The number of hydrogen-bond acceptors (Lipinski definition) is 5. The van der Waals surface area contributed by atoms with Crippen molar-refractivity contribution in [2.45, 2.75) is 63.1 Å². The largest absolute Gasteiger partial charge is 0.456 e. The Kier molecular flexibility index (Phi) is 4.61. The van der Waals surface area contributed by atoms with Gasteiger partial charge in [0.05, 0.1) is 5.56 Å². The van der Waals surface area contributed by atoms with Crippen LogP contribution in [-0.2, 0) is 18.7 Å². The van der Waals surface area contributed by atoms with Crippen molar-refractivity contribution in [3.05, 3.63) is 48.0 Å². The first-order chi connectivity index (χ1) is 12.0. The highest BCUT2D eigenvalue weighted by atomic mass is 28.4. The molecule has 0 amide bonds. The van der Waals surface area contributed by atoms with Crippen LogP contribution in [-0.4, -0.2) is 38.1 Å². The second-order valence-corrected chi connectivity index (χ2v) is 13.2. The van der Waals surface area contributed by atoms with Gasteiger partial charge in [-0.15, -0.1) is 0 Å². The number of fused-ring (bicyclic) bond motifs is 2. The predicted molar refractivity (Wildman–Crippen MR) is 100 cm³/mol. The van der Waals surface area contributed by atoms with Gasteiger partial charge in [0.15, 0.2) is 20.0 Å². The van der Waals surface area contributed by atoms with Gasteiger partial charge in [0.1, 0.15) is 6.10 Å². The minimum Gasteiger partial charge on any atom is -0.456 e. The number of benzene rings is 1. The lowest BCUT2D eigenvalue weighted by molar-refractivity contribution is -0.151. The number of ether oxygens (including phenoxy) is 2. The van der Waals surface area contributed by atoms with Gasteiger partial charge in [0.2, 0.25) is 0 Å². The van der Waals surface area contributed by atoms with Gasteiger partial charge in [-0.1, -0.05) is 39.0 Å². The molecule has 3 atom stereocenters. The van der Waals surface area contributed by atoms with Crippen molar-refractivity contribution in [3.63, 3.8) is 0 Å². The van der Waals surface area contributed by atoms with Gasteiger partial charge >= 0.3 is 11.9 Å². The van der Waals surface area contributed by atoms with Crippen molar-refractivity contribution in [2.75, 3.05) is 0 Å². The molecule has 0 unspecified atom stereocenters. The summed E-state index contributed by atoms with van der Waals surface area (Å²) in [7, 11) is -2.17. The van der Waals surface area contributed by atoms with Crippen LogP contribution in [0, 0.1) is 0 Å². The molecule has 2 bridgehead atoms. The average Bonchev–Trinajstić information content (AvgIpc) is 2.81. The molecule has 1 heterocycles. The molecule has 1 saturated heterocycles. The lowest BCUT2D eigenvalue weighted by atomic mass is 9.91. The van der Waals surface area contributed by atoms with E-state index in [2.05, 4.69) is 33.9 Å². The number of hydrogen-bond donors (Lipinski definition) is 0. The minimum absolute atomic E-state index is 0.0232. The maximum Gasteiger partial charge on any atom is 0.342 e. The Bertz CT molecular complexity index is 734. The van der Waals surface area contributed by atoms with Crippen LogP contribution in [0.15, 0.2) is 42.5 Å². The number of carbonyl (C=O) groups excluding carboxylic acids is 2. The van der Waals surface area contributed by atoms with Crippen LogP contribution in [0.5, 0.6) is 0 Å². The van der Waals surface area contributed by atoms with Gasteiger partial charge in [0.25, 0.3) is 0 Å². The third-order valence-corrected chi connectivity index (χ3v) is 10.0. The molecule has 3 rings (SSSR count). The van der Waals surface area contributed by atoms with Crippen LogP contribution < -0.4 is 0 Å². The van der Waals surface area contributed by atoms with Gasteiger partial charge in [0, 0.05) is 6.42 Å². The van der Waals surface area contributed by atoms with E-state index in [-0.39, 0.29) is 11.0 Å². The zero-order valence-electron chi connectivity index (χ0n) is 15.9. The van der Waals surface area contributed by atoms with Crippen molar-refractivity contribution < 1.29 is 23.5 Å². The Morgan fingerprint density at radius 2 is 1.88 bits per heavy atom. The summed E-state index contributed by atoms with van der Waals surface area (Å²) in [5, 5.41) is -0.0232. The van der Waals surface area contributed by atoms with Gasteiger partial charge in [-0.05, 0) is 42.4 Å². The van der Waals surface area contributed by atoms with Crippen molar-refractivity contribution in [1.82, 2.24) is 0 Å². The van der Waals surface area contributed by atoms with Crippen LogP contribution in [0.3, 0.4) is 0 Å². The molecule has 2 aliphatic rings. The van der Waals surface area contributed by atoms with E-state index in [1.54, 1.807) is 36.4 Å². The van der Waals surface area contributed by atoms with Crippen LogP contribution in [0.1, 0.15) is 37.6 Å². The molecule has 140 valence electrons. The highest BCUT2D eigenvalue weighted by molar-refractivity contribution is 6.74. The smallest absolute Gasteiger partial charge is 0.342 e. The Morgan fingerprint density at radius 1 is 1.23 bits per heavy atom. The molecule has 1 aromatic rings. The molecule has 1 aromatic carbocycles. The highest BCUT2D eigenvalue weighted by Crippen LogP contribution is 2.45. The summed E-state index contributed by atoms with van der Waals surface area (Å²) in [5.41, 5.74) is -0.580. The molecule has 26 heavy (non-hydrogen) atoms. The topological polar surface area (TPSA) is 61.8 Å². The molecule has 6 heteroatoms. The normalized spacial score (nSPS) is 28.0. The standard InChI is InChI=1S/C20H26O5Si/c1-19(2,3)26(4,5)25-20-12-11-15(16(13-20)24-18(20)22)23-17(21)14-9-7-6-8-10-14/h6-12,15-16H,13H2,1-5H3/t15-,16-,20+/m1/s1. The second kappa shape index (κ2) is 6.35. The molecule has 0 spiro atoms. The second-order valence-electron chi connectivity index (χ2n) is 8.49. The molecule has 1 fully saturated rings. The van der Waals surface area contributed by atoms with Gasteiger partial charge in [-0.2, -0.15) is 0 Å². The van der Waals surface area contributed by atoms with E-state index < -0.39 is 32.1 Å². The number of carbonyl (C=O) groups is 2. The first-order valence-corrected chi connectivity index (χ1v) is 11.8. The maximum atomic E-state index is 12.6. The van der Waals surface area contributed by atoms with Crippen LogP contribution in [0.4, 0.5) is 0 Å². The first kappa shape index (κ1) is 18.9. The van der Waals surface area contributed by atoms with E-state index in [0.29, 0.717) is 12.0 Å². The molecule has 0 aromatic heterocycles. The van der Waals surface area contributed by atoms with Crippen molar-refractivity contribution >= 4 is 20.3 Å². The van der Waals surface area contributed by atoms with E-state index in [0.717, 1.165) is 0 Å². The van der Waals surface area contributed by atoms with Crippen LogP contribution in [0.25, 0.3) is 0 Å². The minimum atomic E-state index is -2.17. The molecule has 1 aliphatic heterocycles. The number of rotatable bonds is 4. The van der Waals surface area contributed by atoms with Gasteiger partial charge in [-0.25, -0.2) is 9.59 Å². The monoisotopic (exact) mass is 374 g/mol. The van der Waals surface area contributed by atoms with Crippen molar-refractivity contribution in [2.24, 2.45) is 0 Å². The lowest BCUT2D eigenvalue weighted by Gasteiger charge is -2.42. The Labute approximate surface area is 155 Å². The summed E-state index contributed by atoms with van der Waals surface area (Å²) in [6.45, 7) is 10.6. The third kappa shape index (κ3) is 3.35. The molecule has 0 saturated carbocycles. The van der Waals surface area contributed by atoms with E-state index in [1.165, 1.54) is 0 Å². The Morgan fingerprint density at radius 3 is 2.50 bits per heavy atom. The van der Waals surface area contributed by atoms with Gasteiger partial charge in [-0.3, -0.25) is 0 Å². The maximum absolute atomic E-state index is 12.6. The fourth-order valence-corrected chi connectivity index (χ4v) is 4.41. The summed E-state index contributed by atoms with van der Waals surface area (Å²) in [6.07, 6.45) is 2.73. The zero-order chi connectivity index (χ0) is 19.2. The van der Waals surface area contributed by atoms with Crippen LogP contribution in [0.2, 0.25) is 18.1 Å². The SMILES string of the molecule is CC(C)(C)[Si](C)(C)O[C@@]12C=C[C@@H](OC(=O)c3ccccc3)[C@@H](C1)OC2=O. The van der Waals surface area contributed by atoms with Crippen molar-refractivity contribution in [1.29, 1.82) is 0 Å². The highest BCUT2D eigenvalue weighted by Gasteiger charge is 2.57. The molecular weight excluding hydrogens is 348 g/mol. The average molecular weight is 375 g/mol. The summed E-state index contributed by atoms with van der Waals surface area (Å²) in [6, 6.07) is 8.78. The Hall–Kier alpha value is -1.92. The predicted octanol–water partition coefficient (Wildman–Crippen LogP) is 3.86. The van der Waals surface area contributed by atoms with E-state index in [1.807, 2.05) is 6.07 Å². The first-order valence-electron chi connectivity index (χ1n) is 8.91. The summed E-state index contributed by atoms with van der Waals surface area (Å²) in [4.78, 5) is 24.9. The van der Waals surface area contributed by atoms with E-state index >= 15 is 0 Å². The molecule has 0 radical (unpaired) electrons. The molecule has 1 aliphatic carbocycles. The summed E-state index contributed by atoms with van der Waals surface area (Å²) < 4.78 is 17.5. The fourth-order valence-electron chi connectivity index (χ4n) is 2.96.